The molecule has 0 heterocycles. The first-order valence-electron chi connectivity index (χ1n) is 7.89. The number of benzene rings is 2. The normalized spacial score (nSPS) is 13.5. The summed E-state index contributed by atoms with van der Waals surface area (Å²) in [6.45, 7) is 0.761. The summed E-state index contributed by atoms with van der Waals surface area (Å²) in [5.41, 5.74) is 9.47. The number of nitrogens with two attached hydrogens (primary N) is 1. The molecular formula is C19H18N2O4. The van der Waals surface area contributed by atoms with Gasteiger partial charge in [-0.2, -0.15) is 0 Å². The summed E-state index contributed by atoms with van der Waals surface area (Å²) >= 11 is 0. The molecule has 2 aromatic rings. The number of amides is 2. The van der Waals surface area contributed by atoms with Crippen LogP contribution in [0.5, 0.6) is 0 Å². The van der Waals surface area contributed by atoms with Gasteiger partial charge in [0.1, 0.15) is 6.04 Å². The quantitative estimate of drug-likeness (QED) is 0.804. The number of fused-ring (bicyclic) bond motifs is 3. The number of hydrogen-bond donors (Lipinski definition) is 2. The van der Waals surface area contributed by atoms with Crippen molar-refractivity contribution in [2.75, 3.05) is 6.61 Å². The van der Waals surface area contributed by atoms with Gasteiger partial charge < -0.3 is 15.8 Å². The number of hydrogen-bond acceptors (Lipinski definition) is 4. The Kier molecular flexibility index (Phi) is 4.52. The molecule has 1 atom stereocenters. The molecule has 1 aliphatic carbocycles. The molecule has 0 spiro atoms. The number of nitrogens with one attached hydrogen (secondary N) is 1. The van der Waals surface area contributed by atoms with Crippen molar-refractivity contribution in [2.24, 2.45) is 5.73 Å². The molecule has 0 radical (unpaired) electrons. The minimum Gasteiger partial charge on any atom is -0.456 e. The molecule has 25 heavy (non-hydrogen) atoms. The van der Waals surface area contributed by atoms with Gasteiger partial charge in [0.15, 0.2) is 6.61 Å². The SMILES string of the molecule is CC(=O)OCC(=O)N[C@@H](C(N)=O)C1c2ccccc2-c2ccccc21. The van der Waals surface area contributed by atoms with Crippen LogP contribution in [0.1, 0.15) is 24.0 Å². The van der Waals surface area contributed by atoms with Gasteiger partial charge >= 0.3 is 5.97 Å². The minimum atomic E-state index is -0.937. The molecule has 0 aliphatic heterocycles. The third-order valence-electron chi connectivity index (χ3n) is 4.24. The topological polar surface area (TPSA) is 98.5 Å². The van der Waals surface area contributed by atoms with Crippen LogP contribution in [-0.2, 0) is 19.1 Å². The fraction of sp³-hybridized carbons (Fsp3) is 0.211. The monoisotopic (exact) mass is 338 g/mol. The van der Waals surface area contributed by atoms with E-state index in [1.54, 1.807) is 0 Å². The Morgan fingerprint density at radius 3 is 2.04 bits per heavy atom. The highest BCUT2D eigenvalue weighted by Gasteiger charge is 2.37. The first-order valence-corrected chi connectivity index (χ1v) is 7.89. The third kappa shape index (κ3) is 3.24. The molecule has 3 N–H and O–H groups in total. The fourth-order valence-electron chi connectivity index (χ4n) is 3.25. The zero-order chi connectivity index (χ0) is 18.0. The van der Waals surface area contributed by atoms with Crippen LogP contribution in [0, 0.1) is 0 Å². The average molecular weight is 338 g/mol. The molecular weight excluding hydrogens is 320 g/mol. The largest absolute Gasteiger partial charge is 0.456 e. The Labute approximate surface area is 145 Å². The maximum atomic E-state index is 12.1. The van der Waals surface area contributed by atoms with Crippen LogP contribution in [0.3, 0.4) is 0 Å². The van der Waals surface area contributed by atoms with Crippen molar-refractivity contribution in [3.05, 3.63) is 59.7 Å². The zero-order valence-corrected chi connectivity index (χ0v) is 13.7. The molecule has 0 saturated carbocycles. The Bertz CT molecular complexity index is 801. The van der Waals surface area contributed by atoms with Crippen LogP contribution in [0.2, 0.25) is 0 Å². The second kappa shape index (κ2) is 6.76. The lowest BCUT2D eigenvalue weighted by molar-refractivity contribution is -0.146. The van der Waals surface area contributed by atoms with Crippen molar-refractivity contribution in [1.29, 1.82) is 0 Å². The standard InChI is InChI=1S/C19H18N2O4/c1-11(22)25-10-16(23)21-18(19(20)24)17-14-8-4-2-6-12(14)13-7-3-5-9-15(13)17/h2-9,17-18H,10H2,1H3,(H2,20,24)(H,21,23)/t18-/m1/s1. The van der Waals surface area contributed by atoms with Crippen LogP contribution in [0.25, 0.3) is 11.1 Å². The number of rotatable bonds is 5. The molecule has 6 nitrogen and oxygen atoms in total. The molecule has 6 heteroatoms. The van der Waals surface area contributed by atoms with Crippen LogP contribution in [-0.4, -0.2) is 30.4 Å². The van der Waals surface area contributed by atoms with Gasteiger partial charge in [-0.1, -0.05) is 48.5 Å². The summed E-state index contributed by atoms with van der Waals surface area (Å²) in [6.07, 6.45) is 0. The summed E-state index contributed by atoms with van der Waals surface area (Å²) in [5.74, 6) is -2.16. The molecule has 128 valence electrons. The van der Waals surface area contributed by atoms with Crippen molar-refractivity contribution in [2.45, 2.75) is 18.9 Å². The van der Waals surface area contributed by atoms with Crippen molar-refractivity contribution < 1.29 is 19.1 Å². The van der Waals surface area contributed by atoms with Gasteiger partial charge in [0.2, 0.25) is 5.91 Å². The van der Waals surface area contributed by atoms with E-state index >= 15 is 0 Å². The van der Waals surface area contributed by atoms with E-state index in [1.165, 1.54) is 6.92 Å². The molecule has 3 rings (SSSR count). The predicted molar refractivity (Wildman–Crippen MR) is 91.5 cm³/mol. The molecule has 1 aliphatic rings. The maximum Gasteiger partial charge on any atom is 0.303 e. The average Bonchev–Trinajstić information content (AvgIpc) is 2.92. The number of primary amides is 1. The first-order chi connectivity index (χ1) is 12.0. The van der Waals surface area contributed by atoms with Crippen molar-refractivity contribution in [3.8, 4) is 11.1 Å². The van der Waals surface area contributed by atoms with E-state index in [1.807, 2.05) is 48.5 Å². The van der Waals surface area contributed by atoms with E-state index in [4.69, 9.17) is 5.73 Å². The smallest absolute Gasteiger partial charge is 0.303 e. The predicted octanol–water partition coefficient (Wildman–Crippen LogP) is 1.33. The van der Waals surface area contributed by atoms with Crippen molar-refractivity contribution >= 4 is 17.8 Å². The van der Waals surface area contributed by atoms with Crippen LogP contribution < -0.4 is 11.1 Å². The lowest BCUT2D eigenvalue weighted by atomic mass is 9.89. The van der Waals surface area contributed by atoms with E-state index in [2.05, 4.69) is 10.1 Å². The number of carbonyl (C=O) groups excluding carboxylic acids is 3. The first kappa shape index (κ1) is 16.7. The van der Waals surface area contributed by atoms with E-state index in [9.17, 15) is 14.4 Å². The second-order valence-electron chi connectivity index (χ2n) is 5.88. The van der Waals surface area contributed by atoms with Crippen LogP contribution >= 0.6 is 0 Å². The number of esters is 1. The summed E-state index contributed by atoms with van der Waals surface area (Å²) in [4.78, 5) is 35.0. The summed E-state index contributed by atoms with van der Waals surface area (Å²) in [5, 5.41) is 2.60. The molecule has 0 aromatic heterocycles. The van der Waals surface area contributed by atoms with Gasteiger partial charge in [0.25, 0.3) is 5.91 Å². The van der Waals surface area contributed by atoms with E-state index in [0.29, 0.717) is 0 Å². The molecule has 0 unspecified atom stereocenters. The van der Waals surface area contributed by atoms with Gasteiger partial charge in [-0.15, -0.1) is 0 Å². The van der Waals surface area contributed by atoms with E-state index in [-0.39, 0.29) is 5.92 Å². The van der Waals surface area contributed by atoms with Gasteiger partial charge in [0, 0.05) is 12.8 Å². The van der Waals surface area contributed by atoms with Gasteiger partial charge in [-0.25, -0.2) is 0 Å². The molecule has 0 bridgehead atoms. The highest BCUT2D eigenvalue weighted by atomic mass is 16.5. The van der Waals surface area contributed by atoms with Crippen LogP contribution in [0.4, 0.5) is 0 Å². The number of ether oxygens (including phenoxy) is 1. The van der Waals surface area contributed by atoms with Crippen LogP contribution in [0.15, 0.2) is 48.5 Å². The maximum absolute atomic E-state index is 12.1. The van der Waals surface area contributed by atoms with Gasteiger partial charge in [-0.3, -0.25) is 14.4 Å². The summed E-state index contributed by atoms with van der Waals surface area (Å²) in [6, 6.07) is 14.5. The number of carbonyl (C=O) groups is 3. The zero-order valence-electron chi connectivity index (χ0n) is 13.7. The van der Waals surface area contributed by atoms with E-state index < -0.39 is 30.4 Å². The Hall–Kier alpha value is -3.15. The minimum absolute atomic E-state index is 0.383. The highest BCUT2D eigenvalue weighted by Crippen LogP contribution is 2.46. The summed E-state index contributed by atoms with van der Waals surface area (Å²) in [7, 11) is 0. The Morgan fingerprint density at radius 2 is 1.56 bits per heavy atom. The molecule has 0 saturated heterocycles. The molecule has 2 amide bonds. The van der Waals surface area contributed by atoms with Crippen molar-refractivity contribution in [3.63, 3.8) is 0 Å². The highest BCUT2D eigenvalue weighted by molar-refractivity contribution is 5.91. The molecule has 0 fully saturated rings. The fourth-order valence-corrected chi connectivity index (χ4v) is 3.25. The van der Waals surface area contributed by atoms with E-state index in [0.717, 1.165) is 22.3 Å². The Morgan fingerprint density at radius 1 is 1.04 bits per heavy atom. The third-order valence-corrected chi connectivity index (χ3v) is 4.24. The lowest BCUT2D eigenvalue weighted by Crippen LogP contribution is -2.49. The van der Waals surface area contributed by atoms with Crippen molar-refractivity contribution in [1.82, 2.24) is 5.32 Å². The van der Waals surface area contributed by atoms with Gasteiger partial charge in [0.05, 0.1) is 0 Å². The van der Waals surface area contributed by atoms with Gasteiger partial charge in [-0.05, 0) is 22.3 Å². The Balaban J connectivity index is 1.95. The lowest BCUT2D eigenvalue weighted by Gasteiger charge is -2.24. The summed E-state index contributed by atoms with van der Waals surface area (Å²) < 4.78 is 4.68. The molecule has 2 aromatic carbocycles. The second-order valence-corrected chi connectivity index (χ2v) is 5.88.